The molecule has 0 bridgehead atoms. The number of hydrogen-bond acceptors (Lipinski definition) is 6. The minimum Gasteiger partial charge on any atom is -0.339 e. The molecule has 7 nitrogen and oxygen atoms in total. The normalized spacial score (nSPS) is 31.0. The van der Waals surface area contributed by atoms with E-state index in [0.29, 0.717) is 30.9 Å². The fourth-order valence-electron chi connectivity index (χ4n) is 5.02. The van der Waals surface area contributed by atoms with Crippen LogP contribution in [0.3, 0.4) is 0 Å². The Kier molecular flexibility index (Phi) is 3.57. The van der Waals surface area contributed by atoms with Gasteiger partial charge in [0.2, 0.25) is 15.9 Å². The van der Waals surface area contributed by atoms with Gasteiger partial charge in [0.05, 0.1) is 12.2 Å². The van der Waals surface area contributed by atoms with Crippen molar-refractivity contribution in [1.29, 1.82) is 0 Å². The molecule has 1 spiro atoms. The van der Waals surface area contributed by atoms with Crippen molar-refractivity contribution in [2.24, 2.45) is 5.41 Å². The van der Waals surface area contributed by atoms with Crippen molar-refractivity contribution >= 4 is 10.0 Å². The van der Waals surface area contributed by atoms with Gasteiger partial charge >= 0.3 is 0 Å². The molecule has 3 heterocycles. The molecule has 2 aliphatic heterocycles. The van der Waals surface area contributed by atoms with Gasteiger partial charge < -0.3 is 4.52 Å². The third-order valence-electron chi connectivity index (χ3n) is 6.66. The van der Waals surface area contributed by atoms with Gasteiger partial charge in [-0.2, -0.15) is 4.98 Å². The molecule has 25 heavy (non-hydrogen) atoms. The first-order valence-electron chi connectivity index (χ1n) is 9.47. The van der Waals surface area contributed by atoms with Crippen LogP contribution in [-0.2, 0) is 10.0 Å². The SMILES string of the molecule is CS(=O)(=O)N1CC(c2nc(C3CC3)no2)C2(CN(C3CCCC3)C2)C1. The molecule has 0 amide bonds. The van der Waals surface area contributed by atoms with E-state index in [9.17, 15) is 8.42 Å². The quantitative estimate of drug-likeness (QED) is 0.804. The van der Waals surface area contributed by atoms with Crippen LogP contribution >= 0.6 is 0 Å². The second kappa shape index (κ2) is 5.50. The Labute approximate surface area is 148 Å². The Morgan fingerprint density at radius 2 is 1.84 bits per heavy atom. The minimum absolute atomic E-state index is 0.0277. The molecule has 4 fully saturated rings. The van der Waals surface area contributed by atoms with E-state index in [1.807, 2.05) is 0 Å². The molecule has 2 saturated heterocycles. The third-order valence-corrected chi connectivity index (χ3v) is 7.88. The van der Waals surface area contributed by atoms with Crippen LogP contribution in [0, 0.1) is 5.41 Å². The second-order valence-electron chi connectivity index (χ2n) is 8.58. The van der Waals surface area contributed by atoms with Gasteiger partial charge in [-0.25, -0.2) is 12.7 Å². The Hall–Kier alpha value is -0.990. The summed E-state index contributed by atoms with van der Waals surface area (Å²) in [6, 6.07) is 0.684. The first kappa shape index (κ1) is 16.2. The van der Waals surface area contributed by atoms with E-state index in [1.54, 1.807) is 4.31 Å². The number of likely N-dealkylation sites (tertiary alicyclic amines) is 1. The topological polar surface area (TPSA) is 79.5 Å². The number of hydrogen-bond donors (Lipinski definition) is 0. The second-order valence-corrected chi connectivity index (χ2v) is 10.6. The molecule has 1 unspecified atom stereocenters. The molecule has 2 saturated carbocycles. The average molecular weight is 366 g/mol. The molecule has 1 aromatic heterocycles. The predicted octanol–water partition coefficient (Wildman–Crippen LogP) is 1.55. The van der Waals surface area contributed by atoms with Crippen LogP contribution in [0.5, 0.6) is 0 Å². The number of nitrogens with zero attached hydrogens (tertiary/aromatic N) is 4. The van der Waals surface area contributed by atoms with Gasteiger partial charge in [0.15, 0.2) is 5.82 Å². The molecule has 0 N–H and O–H groups in total. The van der Waals surface area contributed by atoms with E-state index in [-0.39, 0.29) is 11.3 Å². The highest BCUT2D eigenvalue weighted by molar-refractivity contribution is 7.88. The van der Waals surface area contributed by atoms with Crippen molar-refractivity contribution in [3.8, 4) is 0 Å². The summed E-state index contributed by atoms with van der Waals surface area (Å²) in [6.07, 6.45) is 8.79. The standard InChI is InChI=1S/C17H26N4O3S/c1-25(22,23)21-8-14(16-18-15(19-24-16)12-6-7-12)17(11-21)9-20(10-17)13-4-2-3-5-13/h12-14H,2-11H2,1H3. The van der Waals surface area contributed by atoms with Crippen molar-refractivity contribution in [1.82, 2.24) is 19.3 Å². The smallest absolute Gasteiger partial charge is 0.231 e. The Morgan fingerprint density at radius 3 is 2.48 bits per heavy atom. The van der Waals surface area contributed by atoms with Crippen LogP contribution in [0.2, 0.25) is 0 Å². The molecule has 0 aromatic carbocycles. The maximum Gasteiger partial charge on any atom is 0.231 e. The van der Waals surface area contributed by atoms with E-state index < -0.39 is 10.0 Å². The van der Waals surface area contributed by atoms with Crippen molar-refractivity contribution in [3.63, 3.8) is 0 Å². The van der Waals surface area contributed by atoms with Crippen LogP contribution in [0.4, 0.5) is 0 Å². The van der Waals surface area contributed by atoms with Gasteiger partial charge in [-0.15, -0.1) is 0 Å². The van der Waals surface area contributed by atoms with Crippen LogP contribution < -0.4 is 0 Å². The van der Waals surface area contributed by atoms with Gasteiger partial charge in [-0.1, -0.05) is 18.0 Å². The Bertz CT molecular complexity index is 761. The highest BCUT2D eigenvalue weighted by atomic mass is 32.2. The fraction of sp³-hybridized carbons (Fsp3) is 0.882. The van der Waals surface area contributed by atoms with Gasteiger partial charge in [0, 0.05) is 43.6 Å². The summed E-state index contributed by atoms with van der Waals surface area (Å²) in [5, 5.41) is 4.16. The summed E-state index contributed by atoms with van der Waals surface area (Å²) in [5.74, 6) is 1.95. The first-order chi connectivity index (χ1) is 11.9. The Morgan fingerprint density at radius 1 is 1.12 bits per heavy atom. The zero-order valence-corrected chi connectivity index (χ0v) is 15.5. The monoisotopic (exact) mass is 366 g/mol. The fourth-order valence-corrected chi connectivity index (χ4v) is 5.93. The summed E-state index contributed by atoms with van der Waals surface area (Å²) < 4.78 is 31.5. The van der Waals surface area contributed by atoms with Crippen LogP contribution in [0.25, 0.3) is 0 Å². The molecular formula is C17H26N4O3S. The summed E-state index contributed by atoms with van der Waals surface area (Å²) in [4.78, 5) is 7.20. The summed E-state index contributed by atoms with van der Waals surface area (Å²) in [7, 11) is -3.20. The predicted molar refractivity (Wildman–Crippen MR) is 91.7 cm³/mol. The largest absolute Gasteiger partial charge is 0.339 e. The summed E-state index contributed by atoms with van der Waals surface area (Å²) in [5.41, 5.74) is -0.0565. The maximum atomic E-state index is 12.1. The number of sulfonamides is 1. The summed E-state index contributed by atoms with van der Waals surface area (Å²) in [6.45, 7) is 2.97. The van der Waals surface area contributed by atoms with E-state index in [1.165, 1.54) is 31.9 Å². The minimum atomic E-state index is -3.20. The van der Waals surface area contributed by atoms with Crippen molar-refractivity contribution in [2.45, 2.75) is 56.4 Å². The van der Waals surface area contributed by atoms with E-state index >= 15 is 0 Å². The maximum absolute atomic E-state index is 12.1. The van der Waals surface area contributed by atoms with Crippen LogP contribution in [0.15, 0.2) is 4.52 Å². The zero-order valence-electron chi connectivity index (χ0n) is 14.7. The van der Waals surface area contributed by atoms with E-state index in [4.69, 9.17) is 4.52 Å². The molecule has 5 rings (SSSR count). The molecule has 1 atom stereocenters. The summed E-state index contributed by atoms with van der Waals surface area (Å²) >= 11 is 0. The first-order valence-corrected chi connectivity index (χ1v) is 11.3. The number of aromatic nitrogens is 2. The Balaban J connectivity index is 1.40. The lowest BCUT2D eigenvalue weighted by molar-refractivity contribution is -0.0342. The van der Waals surface area contributed by atoms with Gasteiger partial charge in [-0.05, 0) is 25.7 Å². The van der Waals surface area contributed by atoms with Gasteiger partial charge in [0.25, 0.3) is 0 Å². The van der Waals surface area contributed by atoms with Crippen LogP contribution in [0.1, 0.15) is 62.1 Å². The van der Waals surface area contributed by atoms with Crippen molar-refractivity contribution in [3.05, 3.63) is 11.7 Å². The zero-order chi connectivity index (χ0) is 17.2. The molecule has 138 valence electrons. The lowest BCUT2D eigenvalue weighted by atomic mass is 9.70. The van der Waals surface area contributed by atoms with Crippen molar-refractivity contribution < 1.29 is 12.9 Å². The lowest BCUT2D eigenvalue weighted by Gasteiger charge is -2.52. The average Bonchev–Trinajstić information content (AvgIpc) is 2.97. The van der Waals surface area contributed by atoms with E-state index in [2.05, 4.69) is 15.0 Å². The van der Waals surface area contributed by atoms with Crippen LogP contribution in [-0.4, -0.2) is 66.2 Å². The molecule has 0 radical (unpaired) electrons. The third kappa shape index (κ3) is 2.73. The highest BCUT2D eigenvalue weighted by Gasteiger charge is 2.59. The molecule has 4 aliphatic rings. The lowest BCUT2D eigenvalue weighted by Crippen LogP contribution is -2.62. The molecular weight excluding hydrogens is 340 g/mol. The van der Waals surface area contributed by atoms with E-state index in [0.717, 1.165) is 31.8 Å². The number of rotatable bonds is 4. The highest BCUT2D eigenvalue weighted by Crippen LogP contribution is 2.51. The molecule has 2 aliphatic carbocycles. The molecule has 8 heteroatoms. The van der Waals surface area contributed by atoms with Gasteiger partial charge in [0.1, 0.15) is 0 Å². The van der Waals surface area contributed by atoms with Crippen molar-refractivity contribution in [2.75, 3.05) is 32.4 Å². The van der Waals surface area contributed by atoms with Gasteiger partial charge in [-0.3, -0.25) is 4.90 Å². The molecule has 1 aromatic rings.